The van der Waals surface area contributed by atoms with E-state index in [9.17, 15) is 18.0 Å². The summed E-state index contributed by atoms with van der Waals surface area (Å²) in [6, 6.07) is 18.1. The van der Waals surface area contributed by atoms with Crippen LogP contribution in [0.1, 0.15) is 44.7 Å². The van der Waals surface area contributed by atoms with Crippen LogP contribution in [0.15, 0.2) is 65.6 Å². The van der Waals surface area contributed by atoms with Gasteiger partial charge in [-0.05, 0) is 49.3 Å². The summed E-state index contributed by atoms with van der Waals surface area (Å²) in [5, 5.41) is 4.53. The lowest BCUT2D eigenvalue weighted by atomic mass is 10.1. The minimum atomic E-state index is -3.67. The van der Waals surface area contributed by atoms with E-state index in [-0.39, 0.29) is 24.8 Å². The number of nitrogens with one attached hydrogen (secondary N) is 1. The molecule has 196 valence electrons. The van der Waals surface area contributed by atoms with Gasteiger partial charge < -0.3 is 10.2 Å². The number of nitrogens with zero attached hydrogens (tertiary/aromatic N) is 2. The molecule has 1 atom stereocenters. The molecule has 1 aliphatic rings. The van der Waals surface area contributed by atoms with Gasteiger partial charge in [0.05, 0.1) is 10.6 Å². The molecule has 0 saturated carbocycles. The maximum atomic E-state index is 13.4. The summed E-state index contributed by atoms with van der Waals surface area (Å²) in [5.41, 5.74) is 2.68. The molecule has 0 aromatic heterocycles. The number of anilines is 1. The van der Waals surface area contributed by atoms with Crippen molar-refractivity contribution in [1.82, 2.24) is 10.2 Å². The van der Waals surface area contributed by atoms with Crippen LogP contribution < -0.4 is 9.62 Å². The van der Waals surface area contributed by atoms with Crippen LogP contribution in [-0.4, -0.2) is 44.3 Å². The molecule has 1 N–H and O–H groups in total. The predicted molar refractivity (Wildman–Crippen MR) is 147 cm³/mol. The molecule has 1 aliphatic heterocycles. The van der Waals surface area contributed by atoms with Crippen molar-refractivity contribution in [3.8, 4) is 0 Å². The predicted octanol–water partition coefficient (Wildman–Crippen LogP) is 4.63. The van der Waals surface area contributed by atoms with Gasteiger partial charge in [0.2, 0.25) is 11.8 Å². The zero-order valence-electron chi connectivity index (χ0n) is 21.9. The number of amides is 2. The van der Waals surface area contributed by atoms with E-state index in [2.05, 4.69) is 5.32 Å². The fourth-order valence-electron chi connectivity index (χ4n) is 4.76. The largest absolute Gasteiger partial charge is 0.354 e. The zero-order valence-corrected chi connectivity index (χ0v) is 22.7. The van der Waals surface area contributed by atoms with E-state index in [4.69, 9.17) is 0 Å². The Balaban J connectivity index is 1.49. The van der Waals surface area contributed by atoms with E-state index in [1.54, 1.807) is 24.0 Å². The van der Waals surface area contributed by atoms with E-state index < -0.39 is 16.1 Å². The van der Waals surface area contributed by atoms with Crippen LogP contribution in [0.3, 0.4) is 0 Å². The lowest BCUT2D eigenvalue weighted by Crippen LogP contribution is -2.48. The summed E-state index contributed by atoms with van der Waals surface area (Å²) in [5.74, 6) is -0.0759. The lowest BCUT2D eigenvalue weighted by Gasteiger charge is -2.29. The van der Waals surface area contributed by atoms with Crippen LogP contribution >= 0.6 is 0 Å². The molecule has 7 nitrogen and oxygen atoms in total. The molecular formula is C29H35N3O4S. The van der Waals surface area contributed by atoms with Gasteiger partial charge >= 0.3 is 0 Å². The van der Waals surface area contributed by atoms with Gasteiger partial charge in [-0.1, -0.05) is 67.9 Å². The van der Waals surface area contributed by atoms with Crippen molar-refractivity contribution in [1.29, 1.82) is 0 Å². The third-order valence-electron chi connectivity index (χ3n) is 6.72. The Hall–Kier alpha value is -3.39. The highest BCUT2D eigenvalue weighted by Gasteiger charge is 2.35. The highest BCUT2D eigenvalue weighted by molar-refractivity contribution is 7.93. The molecular weight excluding hydrogens is 486 g/mol. The minimum Gasteiger partial charge on any atom is -0.354 e. The van der Waals surface area contributed by atoms with Gasteiger partial charge in [0.1, 0.15) is 6.04 Å². The number of hydrogen-bond donors (Lipinski definition) is 1. The monoisotopic (exact) mass is 521 g/mol. The zero-order chi connectivity index (χ0) is 26.7. The molecule has 3 aromatic rings. The number of hydrogen-bond acceptors (Lipinski definition) is 4. The van der Waals surface area contributed by atoms with Crippen LogP contribution in [0, 0.1) is 12.8 Å². The minimum absolute atomic E-state index is 0.131. The number of aryl methyl sites for hydroxylation is 1. The third kappa shape index (κ3) is 5.64. The number of carbonyl (C=O) groups is 2. The van der Waals surface area contributed by atoms with E-state index in [1.807, 2.05) is 69.3 Å². The normalized spacial score (nSPS) is 14.7. The van der Waals surface area contributed by atoms with Crippen LogP contribution in [0.4, 0.5) is 5.69 Å². The van der Waals surface area contributed by atoms with Crippen molar-refractivity contribution in [2.24, 2.45) is 5.92 Å². The van der Waals surface area contributed by atoms with E-state index >= 15 is 0 Å². The van der Waals surface area contributed by atoms with Crippen molar-refractivity contribution < 1.29 is 18.0 Å². The number of sulfonamides is 1. The third-order valence-corrected chi connectivity index (χ3v) is 8.58. The molecule has 37 heavy (non-hydrogen) atoms. The molecule has 1 heterocycles. The lowest BCUT2D eigenvalue weighted by molar-refractivity contribution is -0.140. The SMILES string of the molecule is Cc1cccc(CN(C(=O)CCCN2c3cccc4cccc(c34)S2(=O)=O)[C@H](C)C(=O)NCC(C)C)c1. The second kappa shape index (κ2) is 10.9. The van der Waals surface area contributed by atoms with Gasteiger partial charge in [0.25, 0.3) is 10.0 Å². The summed E-state index contributed by atoms with van der Waals surface area (Å²) >= 11 is 0. The summed E-state index contributed by atoms with van der Waals surface area (Å²) in [6.45, 7) is 8.80. The van der Waals surface area contributed by atoms with Crippen LogP contribution in [0.5, 0.6) is 0 Å². The maximum Gasteiger partial charge on any atom is 0.265 e. The molecule has 3 aromatic carbocycles. The van der Waals surface area contributed by atoms with Gasteiger partial charge in [-0.25, -0.2) is 8.42 Å². The fourth-order valence-corrected chi connectivity index (χ4v) is 6.51. The molecule has 8 heteroatoms. The van der Waals surface area contributed by atoms with Crippen LogP contribution in [0.2, 0.25) is 0 Å². The van der Waals surface area contributed by atoms with Crippen molar-refractivity contribution in [3.63, 3.8) is 0 Å². The van der Waals surface area contributed by atoms with Crippen molar-refractivity contribution >= 4 is 38.3 Å². The molecule has 0 saturated heterocycles. The Kier molecular flexibility index (Phi) is 7.87. The molecule has 0 aliphatic carbocycles. The summed E-state index contributed by atoms with van der Waals surface area (Å²) in [4.78, 5) is 28.2. The molecule has 2 amide bonds. The first kappa shape index (κ1) is 26.7. The van der Waals surface area contributed by atoms with Crippen LogP contribution in [-0.2, 0) is 26.2 Å². The smallest absolute Gasteiger partial charge is 0.265 e. The highest BCUT2D eigenvalue weighted by Crippen LogP contribution is 2.42. The second-order valence-electron chi connectivity index (χ2n) is 10.1. The maximum absolute atomic E-state index is 13.4. The Morgan fingerprint density at radius 3 is 2.41 bits per heavy atom. The molecule has 0 bridgehead atoms. The van der Waals surface area contributed by atoms with Crippen LogP contribution in [0.25, 0.3) is 10.8 Å². The average Bonchev–Trinajstić information content (AvgIpc) is 3.08. The summed E-state index contributed by atoms with van der Waals surface area (Å²) in [6.07, 6.45) is 0.471. The Morgan fingerprint density at radius 1 is 1.00 bits per heavy atom. The first-order valence-corrected chi connectivity index (χ1v) is 14.2. The number of benzene rings is 3. The van der Waals surface area contributed by atoms with E-state index in [0.717, 1.165) is 21.9 Å². The topological polar surface area (TPSA) is 86.8 Å². The summed E-state index contributed by atoms with van der Waals surface area (Å²) < 4.78 is 27.9. The van der Waals surface area contributed by atoms with Crippen molar-refractivity contribution in [3.05, 3.63) is 71.8 Å². The average molecular weight is 522 g/mol. The quantitative estimate of drug-likeness (QED) is 0.422. The number of carbonyl (C=O) groups excluding carboxylic acids is 2. The molecule has 4 rings (SSSR count). The first-order valence-electron chi connectivity index (χ1n) is 12.8. The Morgan fingerprint density at radius 2 is 1.70 bits per heavy atom. The number of rotatable bonds is 10. The molecule has 0 radical (unpaired) electrons. The Bertz CT molecular complexity index is 1410. The molecule has 0 fully saturated rings. The van der Waals surface area contributed by atoms with E-state index in [0.29, 0.717) is 36.0 Å². The van der Waals surface area contributed by atoms with Gasteiger partial charge in [-0.3, -0.25) is 13.9 Å². The fraction of sp³-hybridized carbons (Fsp3) is 0.379. The standard InChI is InChI=1S/C29H35N3O4S/c1-20(2)18-30-29(34)22(4)31(19-23-10-5-9-21(3)17-23)27(33)15-8-16-32-25-13-6-11-24-12-7-14-26(28(24)25)37(32,35)36/h5-7,9-14,17,20,22H,8,15-16,18-19H2,1-4H3,(H,30,34)/t22-/m1/s1. The summed E-state index contributed by atoms with van der Waals surface area (Å²) in [7, 11) is -3.67. The van der Waals surface area contributed by atoms with Crippen molar-refractivity contribution in [2.75, 3.05) is 17.4 Å². The van der Waals surface area contributed by atoms with Gasteiger partial charge in [-0.15, -0.1) is 0 Å². The second-order valence-corrected chi connectivity index (χ2v) is 12.0. The van der Waals surface area contributed by atoms with E-state index in [1.165, 1.54) is 4.31 Å². The molecule has 0 spiro atoms. The highest BCUT2D eigenvalue weighted by atomic mass is 32.2. The first-order chi connectivity index (χ1) is 17.6. The molecule has 0 unspecified atom stereocenters. The van der Waals surface area contributed by atoms with Gasteiger partial charge in [-0.2, -0.15) is 0 Å². The van der Waals surface area contributed by atoms with Gasteiger partial charge in [0, 0.05) is 31.4 Å². The van der Waals surface area contributed by atoms with Crippen molar-refractivity contribution in [2.45, 2.75) is 58.0 Å². The Labute approximate surface area is 219 Å². The van der Waals surface area contributed by atoms with Gasteiger partial charge in [0.15, 0.2) is 0 Å².